The fraction of sp³-hybridized carbons (Fsp3) is 0.304. The van der Waals surface area contributed by atoms with Gasteiger partial charge in [-0.05, 0) is 30.2 Å². The smallest absolute Gasteiger partial charge is 0.425 e. The van der Waals surface area contributed by atoms with E-state index in [1.165, 1.54) is 7.11 Å². The maximum Gasteiger partial charge on any atom is 0.425 e. The number of rotatable bonds is 9. The zero-order valence-corrected chi connectivity index (χ0v) is 17.6. The van der Waals surface area contributed by atoms with Crippen LogP contribution in [0.15, 0.2) is 65.6 Å². The summed E-state index contributed by atoms with van der Waals surface area (Å²) in [6.45, 7) is 1.78. The lowest BCUT2D eigenvalue weighted by molar-refractivity contribution is -0.141. The molecule has 0 bridgehead atoms. The molecular formula is C23H23F3N2O4. The minimum Gasteiger partial charge on any atom is -0.497 e. The number of ether oxygens (including phenoxy) is 3. The van der Waals surface area contributed by atoms with Gasteiger partial charge in [0.25, 0.3) is 5.56 Å². The Balaban J connectivity index is 1.73. The zero-order valence-electron chi connectivity index (χ0n) is 17.6. The fourth-order valence-corrected chi connectivity index (χ4v) is 3.01. The number of alkyl halides is 3. The first-order chi connectivity index (χ1) is 15.3. The Labute approximate surface area is 183 Å². The van der Waals surface area contributed by atoms with Crippen LogP contribution in [0.3, 0.4) is 0 Å². The first kappa shape index (κ1) is 23.3. The zero-order chi connectivity index (χ0) is 23.1. The predicted octanol–water partition coefficient (Wildman–Crippen LogP) is 4.30. The van der Waals surface area contributed by atoms with Crippen LogP contribution in [0.4, 0.5) is 13.2 Å². The van der Waals surface area contributed by atoms with E-state index >= 15 is 0 Å². The van der Waals surface area contributed by atoms with Gasteiger partial charge in [-0.1, -0.05) is 42.5 Å². The number of methoxy groups -OCH3 is 1. The van der Waals surface area contributed by atoms with Crippen LogP contribution < -0.4 is 15.0 Å². The van der Waals surface area contributed by atoms with E-state index in [1.54, 1.807) is 31.2 Å². The Morgan fingerprint density at radius 3 is 2.34 bits per heavy atom. The third-order valence-corrected chi connectivity index (χ3v) is 4.58. The standard InChI is InChI=1S/C23H23F3N2O4/c1-16(14-31-15-18-6-4-3-5-7-18)32-20-12-27-28(22(29)21(20)23(24,25)26)13-17-8-10-19(30-2)11-9-17/h3-12,16H,13-15H2,1-2H3. The molecule has 0 aliphatic heterocycles. The molecule has 2 aromatic carbocycles. The van der Waals surface area contributed by atoms with Gasteiger partial charge < -0.3 is 14.2 Å². The molecule has 0 saturated carbocycles. The van der Waals surface area contributed by atoms with Gasteiger partial charge in [0.15, 0.2) is 11.3 Å². The second-order valence-electron chi connectivity index (χ2n) is 7.12. The molecule has 0 radical (unpaired) electrons. The molecular weight excluding hydrogens is 425 g/mol. The summed E-state index contributed by atoms with van der Waals surface area (Å²) in [5.41, 5.74) is -1.14. The van der Waals surface area contributed by atoms with E-state index in [9.17, 15) is 18.0 Å². The van der Waals surface area contributed by atoms with Gasteiger partial charge in [-0.2, -0.15) is 18.3 Å². The van der Waals surface area contributed by atoms with E-state index in [4.69, 9.17) is 14.2 Å². The highest BCUT2D eigenvalue weighted by atomic mass is 19.4. The van der Waals surface area contributed by atoms with Crippen molar-refractivity contribution in [3.8, 4) is 11.5 Å². The largest absolute Gasteiger partial charge is 0.497 e. The maximum atomic E-state index is 13.7. The molecule has 9 heteroatoms. The third kappa shape index (κ3) is 6.10. The van der Waals surface area contributed by atoms with Crippen LogP contribution in [-0.2, 0) is 24.1 Å². The Bertz CT molecular complexity index is 1070. The summed E-state index contributed by atoms with van der Waals surface area (Å²) in [5, 5.41) is 3.88. The minimum atomic E-state index is -4.90. The number of aromatic nitrogens is 2. The van der Waals surface area contributed by atoms with Crippen molar-refractivity contribution in [1.29, 1.82) is 0 Å². The molecule has 0 saturated heterocycles. The van der Waals surface area contributed by atoms with Gasteiger partial charge >= 0.3 is 6.18 Å². The molecule has 1 atom stereocenters. The van der Waals surface area contributed by atoms with E-state index in [1.807, 2.05) is 30.3 Å². The Kier molecular flexibility index (Phi) is 7.53. The predicted molar refractivity (Wildman–Crippen MR) is 112 cm³/mol. The summed E-state index contributed by atoms with van der Waals surface area (Å²) in [6, 6.07) is 15.9. The van der Waals surface area contributed by atoms with Gasteiger partial charge in [0.05, 0.1) is 33.1 Å². The summed E-state index contributed by atoms with van der Waals surface area (Å²) in [6.07, 6.45) is -4.71. The van der Waals surface area contributed by atoms with Crippen molar-refractivity contribution < 1.29 is 27.4 Å². The van der Waals surface area contributed by atoms with Crippen molar-refractivity contribution in [3.63, 3.8) is 0 Å². The van der Waals surface area contributed by atoms with Crippen molar-refractivity contribution >= 4 is 0 Å². The van der Waals surface area contributed by atoms with Gasteiger partial charge in [-0.15, -0.1) is 0 Å². The molecule has 32 heavy (non-hydrogen) atoms. The second-order valence-corrected chi connectivity index (χ2v) is 7.12. The van der Waals surface area contributed by atoms with Crippen molar-refractivity contribution in [3.05, 3.63) is 87.8 Å². The average Bonchev–Trinajstić information content (AvgIpc) is 2.76. The van der Waals surface area contributed by atoms with Crippen LogP contribution in [0, 0.1) is 0 Å². The van der Waals surface area contributed by atoms with Gasteiger partial charge in [0, 0.05) is 0 Å². The van der Waals surface area contributed by atoms with Crippen LogP contribution in [0.2, 0.25) is 0 Å². The summed E-state index contributed by atoms with van der Waals surface area (Å²) >= 11 is 0. The van der Waals surface area contributed by atoms with Crippen molar-refractivity contribution in [2.75, 3.05) is 13.7 Å². The first-order valence-electron chi connectivity index (χ1n) is 9.86. The number of hydrogen-bond acceptors (Lipinski definition) is 5. The summed E-state index contributed by atoms with van der Waals surface area (Å²) < 4.78 is 57.8. The lowest BCUT2D eigenvalue weighted by atomic mass is 10.2. The van der Waals surface area contributed by atoms with E-state index in [0.29, 0.717) is 17.9 Å². The van der Waals surface area contributed by atoms with Gasteiger partial charge in [-0.3, -0.25) is 4.79 Å². The lowest BCUT2D eigenvalue weighted by Crippen LogP contribution is -2.33. The quantitative estimate of drug-likeness (QED) is 0.488. The molecule has 0 N–H and O–H groups in total. The van der Waals surface area contributed by atoms with Crippen LogP contribution in [0.1, 0.15) is 23.6 Å². The SMILES string of the molecule is COc1ccc(Cn2ncc(OC(C)COCc3ccccc3)c(C(F)(F)F)c2=O)cc1. The van der Waals surface area contributed by atoms with Crippen LogP contribution in [0.25, 0.3) is 0 Å². The molecule has 1 heterocycles. The van der Waals surface area contributed by atoms with Gasteiger partial charge in [0.2, 0.25) is 0 Å². The Hall–Kier alpha value is -3.33. The molecule has 0 amide bonds. The van der Waals surface area contributed by atoms with E-state index in [-0.39, 0.29) is 13.2 Å². The molecule has 0 spiro atoms. The second kappa shape index (κ2) is 10.3. The minimum absolute atomic E-state index is 0.0428. The summed E-state index contributed by atoms with van der Waals surface area (Å²) in [7, 11) is 1.50. The van der Waals surface area contributed by atoms with Crippen molar-refractivity contribution in [2.45, 2.75) is 32.4 Å². The molecule has 170 valence electrons. The fourth-order valence-electron chi connectivity index (χ4n) is 3.01. The molecule has 0 aliphatic carbocycles. The van der Waals surface area contributed by atoms with Gasteiger partial charge in [-0.25, -0.2) is 4.68 Å². The topological polar surface area (TPSA) is 62.6 Å². The molecule has 1 aromatic heterocycles. The number of nitrogens with zero attached hydrogens (tertiary/aromatic N) is 2. The van der Waals surface area contributed by atoms with Crippen molar-refractivity contribution in [1.82, 2.24) is 9.78 Å². The van der Waals surface area contributed by atoms with E-state index in [2.05, 4.69) is 5.10 Å². The highest BCUT2D eigenvalue weighted by Crippen LogP contribution is 2.33. The molecule has 6 nitrogen and oxygen atoms in total. The van der Waals surface area contributed by atoms with Gasteiger partial charge in [0.1, 0.15) is 11.9 Å². The van der Waals surface area contributed by atoms with Crippen LogP contribution in [-0.4, -0.2) is 29.6 Å². The highest BCUT2D eigenvalue weighted by Gasteiger charge is 2.39. The van der Waals surface area contributed by atoms with Crippen LogP contribution in [0.5, 0.6) is 11.5 Å². The third-order valence-electron chi connectivity index (χ3n) is 4.58. The summed E-state index contributed by atoms with van der Waals surface area (Å²) in [4.78, 5) is 12.6. The normalized spacial score (nSPS) is 12.4. The molecule has 3 aromatic rings. The first-order valence-corrected chi connectivity index (χ1v) is 9.86. The van der Waals surface area contributed by atoms with E-state index < -0.39 is 29.2 Å². The summed E-state index contributed by atoms with van der Waals surface area (Å²) in [5.74, 6) is -0.0263. The Morgan fingerprint density at radius 2 is 1.72 bits per heavy atom. The molecule has 0 fully saturated rings. The number of hydrogen-bond donors (Lipinski definition) is 0. The number of halogens is 3. The van der Waals surface area contributed by atoms with Crippen LogP contribution >= 0.6 is 0 Å². The molecule has 0 aliphatic rings. The average molecular weight is 448 g/mol. The van der Waals surface area contributed by atoms with Crippen molar-refractivity contribution in [2.24, 2.45) is 0 Å². The highest BCUT2D eigenvalue weighted by molar-refractivity contribution is 5.32. The van der Waals surface area contributed by atoms with E-state index in [0.717, 1.165) is 16.4 Å². The lowest BCUT2D eigenvalue weighted by Gasteiger charge is -2.19. The monoisotopic (exact) mass is 448 g/mol. The molecule has 1 unspecified atom stereocenters. The number of benzene rings is 2. The maximum absolute atomic E-state index is 13.7. The Morgan fingerprint density at radius 1 is 1.03 bits per heavy atom. The molecule has 3 rings (SSSR count).